The van der Waals surface area contributed by atoms with Crippen molar-refractivity contribution in [2.45, 2.75) is 19.4 Å². The van der Waals surface area contributed by atoms with Crippen LogP contribution >= 0.6 is 0 Å². The lowest BCUT2D eigenvalue weighted by Gasteiger charge is -2.18. The van der Waals surface area contributed by atoms with Crippen molar-refractivity contribution in [2.75, 3.05) is 20.2 Å². The quantitative estimate of drug-likeness (QED) is 0.844. The SMILES string of the molecule is COc1ccc(O)cc1CN1CC[C@H](Cc2ccc(C(=O)O)cc2)C1. The maximum absolute atomic E-state index is 10.9. The van der Waals surface area contributed by atoms with Crippen LogP contribution < -0.4 is 4.74 Å². The van der Waals surface area contributed by atoms with Crippen molar-refractivity contribution in [1.29, 1.82) is 0 Å². The van der Waals surface area contributed by atoms with Crippen LogP contribution in [0.15, 0.2) is 42.5 Å². The molecule has 0 aromatic heterocycles. The summed E-state index contributed by atoms with van der Waals surface area (Å²) in [6.45, 7) is 2.75. The van der Waals surface area contributed by atoms with Crippen LogP contribution in [0.25, 0.3) is 0 Å². The molecule has 25 heavy (non-hydrogen) atoms. The lowest BCUT2D eigenvalue weighted by atomic mass is 9.98. The Morgan fingerprint density at radius 2 is 2.00 bits per heavy atom. The standard InChI is InChI=1S/C20H23NO4/c1-25-19-7-6-18(22)11-17(19)13-21-9-8-15(12-21)10-14-2-4-16(5-3-14)20(23)24/h2-7,11,15,22H,8-10,12-13H2,1H3,(H,23,24)/t15-/m1/s1. The first-order valence-corrected chi connectivity index (χ1v) is 8.45. The largest absolute Gasteiger partial charge is 0.508 e. The Morgan fingerprint density at radius 1 is 1.24 bits per heavy atom. The first kappa shape index (κ1) is 17.3. The highest BCUT2D eigenvalue weighted by molar-refractivity contribution is 5.87. The van der Waals surface area contributed by atoms with E-state index in [2.05, 4.69) is 4.90 Å². The van der Waals surface area contributed by atoms with Crippen molar-refractivity contribution >= 4 is 5.97 Å². The van der Waals surface area contributed by atoms with Crippen LogP contribution in [0.4, 0.5) is 0 Å². The highest BCUT2D eigenvalue weighted by Gasteiger charge is 2.23. The average molecular weight is 341 g/mol. The van der Waals surface area contributed by atoms with Gasteiger partial charge in [0, 0.05) is 18.7 Å². The predicted octanol–water partition coefficient (Wildman–Crippen LogP) is 3.16. The van der Waals surface area contributed by atoms with Gasteiger partial charge in [0.15, 0.2) is 0 Å². The zero-order valence-electron chi connectivity index (χ0n) is 14.3. The number of likely N-dealkylation sites (tertiary alicyclic amines) is 1. The summed E-state index contributed by atoms with van der Waals surface area (Å²) >= 11 is 0. The average Bonchev–Trinajstić information content (AvgIpc) is 3.02. The van der Waals surface area contributed by atoms with Crippen LogP contribution in [-0.4, -0.2) is 41.3 Å². The molecule has 3 rings (SSSR count). The van der Waals surface area contributed by atoms with E-state index in [0.717, 1.165) is 43.8 Å². The lowest BCUT2D eigenvalue weighted by molar-refractivity contribution is 0.0697. The first-order chi connectivity index (χ1) is 12.0. The Morgan fingerprint density at radius 3 is 2.68 bits per heavy atom. The van der Waals surface area contributed by atoms with Gasteiger partial charge in [0.1, 0.15) is 11.5 Å². The maximum Gasteiger partial charge on any atom is 0.335 e. The number of carboxylic acid groups (broad SMARTS) is 1. The van der Waals surface area contributed by atoms with E-state index in [9.17, 15) is 9.90 Å². The van der Waals surface area contributed by atoms with E-state index in [1.165, 1.54) is 5.56 Å². The molecule has 0 spiro atoms. The third-order valence-corrected chi connectivity index (χ3v) is 4.75. The Bertz CT molecular complexity index is 742. The molecule has 1 aliphatic heterocycles. The summed E-state index contributed by atoms with van der Waals surface area (Å²) in [5.74, 6) is 0.716. The fourth-order valence-corrected chi connectivity index (χ4v) is 3.47. The zero-order chi connectivity index (χ0) is 17.8. The van der Waals surface area contributed by atoms with Crippen molar-refractivity contribution in [3.63, 3.8) is 0 Å². The van der Waals surface area contributed by atoms with E-state index in [0.29, 0.717) is 11.5 Å². The van der Waals surface area contributed by atoms with Gasteiger partial charge in [0.25, 0.3) is 0 Å². The number of aromatic hydroxyl groups is 1. The molecular formula is C20H23NO4. The molecule has 1 fully saturated rings. The molecule has 5 heteroatoms. The van der Waals surface area contributed by atoms with Crippen LogP contribution in [0.1, 0.15) is 27.9 Å². The number of aromatic carboxylic acids is 1. The second kappa shape index (κ2) is 7.57. The van der Waals surface area contributed by atoms with Gasteiger partial charge in [-0.05, 0) is 61.2 Å². The molecule has 2 aromatic rings. The Kier molecular flexibility index (Phi) is 5.24. The minimum absolute atomic E-state index is 0.255. The molecule has 1 heterocycles. The third-order valence-electron chi connectivity index (χ3n) is 4.75. The molecule has 0 radical (unpaired) electrons. The molecule has 1 saturated heterocycles. The molecule has 0 unspecified atom stereocenters. The molecule has 1 aliphatic rings. The van der Waals surface area contributed by atoms with E-state index < -0.39 is 5.97 Å². The van der Waals surface area contributed by atoms with E-state index in [1.807, 2.05) is 12.1 Å². The maximum atomic E-state index is 10.9. The predicted molar refractivity (Wildman–Crippen MR) is 95.1 cm³/mol. The molecule has 0 amide bonds. The minimum Gasteiger partial charge on any atom is -0.508 e. The monoisotopic (exact) mass is 341 g/mol. The molecule has 0 saturated carbocycles. The van der Waals surface area contributed by atoms with Crippen LogP contribution in [-0.2, 0) is 13.0 Å². The number of benzene rings is 2. The number of carboxylic acids is 1. The number of carbonyl (C=O) groups is 1. The normalized spacial score (nSPS) is 17.6. The summed E-state index contributed by atoms with van der Waals surface area (Å²) in [6.07, 6.45) is 2.06. The molecule has 132 valence electrons. The number of rotatable bonds is 6. The summed E-state index contributed by atoms with van der Waals surface area (Å²) in [7, 11) is 1.64. The summed E-state index contributed by atoms with van der Waals surface area (Å²) in [6, 6.07) is 12.3. The summed E-state index contributed by atoms with van der Waals surface area (Å²) < 4.78 is 5.38. The smallest absolute Gasteiger partial charge is 0.335 e. The highest BCUT2D eigenvalue weighted by Crippen LogP contribution is 2.28. The Balaban J connectivity index is 1.58. The number of nitrogens with zero attached hydrogens (tertiary/aromatic N) is 1. The molecule has 0 bridgehead atoms. The fraction of sp³-hybridized carbons (Fsp3) is 0.350. The lowest BCUT2D eigenvalue weighted by Crippen LogP contribution is -2.21. The van der Waals surface area contributed by atoms with Gasteiger partial charge in [0.05, 0.1) is 12.7 Å². The molecule has 2 N–H and O–H groups in total. The van der Waals surface area contributed by atoms with E-state index in [1.54, 1.807) is 37.4 Å². The van der Waals surface area contributed by atoms with Crippen LogP contribution in [0, 0.1) is 5.92 Å². The Labute approximate surface area is 147 Å². The molecule has 5 nitrogen and oxygen atoms in total. The summed E-state index contributed by atoms with van der Waals surface area (Å²) in [5.41, 5.74) is 2.49. The van der Waals surface area contributed by atoms with Crippen LogP contribution in [0.2, 0.25) is 0 Å². The van der Waals surface area contributed by atoms with Gasteiger partial charge in [-0.1, -0.05) is 12.1 Å². The number of ether oxygens (including phenoxy) is 1. The number of phenolic OH excluding ortho intramolecular Hbond substituents is 1. The summed E-state index contributed by atoms with van der Waals surface area (Å²) in [5, 5.41) is 18.7. The van der Waals surface area contributed by atoms with Gasteiger partial charge >= 0.3 is 5.97 Å². The van der Waals surface area contributed by atoms with Crippen LogP contribution in [0.5, 0.6) is 11.5 Å². The van der Waals surface area contributed by atoms with Gasteiger partial charge in [-0.2, -0.15) is 0 Å². The van der Waals surface area contributed by atoms with Crippen LogP contribution in [0.3, 0.4) is 0 Å². The molecule has 2 aromatic carbocycles. The molecule has 1 atom stereocenters. The van der Waals surface area contributed by atoms with Crippen molar-refractivity contribution in [1.82, 2.24) is 4.90 Å². The number of hydrogen-bond acceptors (Lipinski definition) is 4. The third kappa shape index (κ3) is 4.31. The first-order valence-electron chi connectivity index (χ1n) is 8.45. The number of hydrogen-bond donors (Lipinski definition) is 2. The van der Waals surface area contributed by atoms with Gasteiger partial charge < -0.3 is 14.9 Å². The van der Waals surface area contributed by atoms with Crippen molar-refractivity contribution < 1.29 is 19.7 Å². The van der Waals surface area contributed by atoms with Crippen molar-refractivity contribution in [3.05, 3.63) is 59.2 Å². The van der Waals surface area contributed by atoms with Crippen molar-refractivity contribution in [3.8, 4) is 11.5 Å². The molecular weight excluding hydrogens is 318 g/mol. The number of methoxy groups -OCH3 is 1. The van der Waals surface area contributed by atoms with Crippen molar-refractivity contribution in [2.24, 2.45) is 5.92 Å². The fourth-order valence-electron chi connectivity index (χ4n) is 3.47. The highest BCUT2D eigenvalue weighted by atomic mass is 16.5. The van der Waals surface area contributed by atoms with E-state index in [4.69, 9.17) is 9.84 Å². The minimum atomic E-state index is -0.890. The summed E-state index contributed by atoms with van der Waals surface area (Å²) in [4.78, 5) is 13.3. The topological polar surface area (TPSA) is 70.0 Å². The van der Waals surface area contributed by atoms with Gasteiger partial charge in [-0.3, -0.25) is 4.90 Å². The van der Waals surface area contributed by atoms with Gasteiger partial charge in [0.2, 0.25) is 0 Å². The van der Waals surface area contributed by atoms with E-state index in [-0.39, 0.29) is 5.75 Å². The molecule has 0 aliphatic carbocycles. The van der Waals surface area contributed by atoms with E-state index >= 15 is 0 Å². The number of phenols is 1. The van der Waals surface area contributed by atoms with Gasteiger partial charge in [-0.15, -0.1) is 0 Å². The van der Waals surface area contributed by atoms with Gasteiger partial charge in [-0.25, -0.2) is 4.79 Å². The second-order valence-electron chi connectivity index (χ2n) is 6.59. The second-order valence-corrected chi connectivity index (χ2v) is 6.59. The Hall–Kier alpha value is -2.53. The zero-order valence-corrected chi connectivity index (χ0v) is 14.3.